The molecular formula is C8H12FN3. The highest BCUT2D eigenvalue weighted by molar-refractivity contribution is 5.67. The van der Waals surface area contributed by atoms with Crippen LogP contribution in [0.5, 0.6) is 0 Å². The van der Waals surface area contributed by atoms with Gasteiger partial charge in [-0.25, -0.2) is 10.2 Å². The lowest BCUT2D eigenvalue weighted by molar-refractivity contribution is 0.619. The molecule has 12 heavy (non-hydrogen) atoms. The highest BCUT2D eigenvalue weighted by Gasteiger charge is 2.05. The minimum atomic E-state index is -0.307. The fourth-order valence-electron chi connectivity index (χ4n) is 0.987. The number of halogens is 1. The zero-order chi connectivity index (χ0) is 9.30. The van der Waals surface area contributed by atoms with Crippen molar-refractivity contribution in [3.8, 4) is 0 Å². The fraction of sp³-hybridized carbons (Fsp3) is 0.250. The monoisotopic (exact) mass is 169 g/mol. The van der Waals surface area contributed by atoms with Crippen LogP contribution in [0.1, 0.15) is 5.56 Å². The van der Waals surface area contributed by atoms with Crippen molar-refractivity contribution in [2.75, 3.05) is 17.8 Å². The van der Waals surface area contributed by atoms with E-state index in [1.165, 1.54) is 11.1 Å². The summed E-state index contributed by atoms with van der Waals surface area (Å²) in [6, 6.07) is 2.89. The summed E-state index contributed by atoms with van der Waals surface area (Å²) in [5, 5.41) is 1.36. The topological polar surface area (TPSA) is 55.3 Å². The number of nitrogens with two attached hydrogens (primary N) is 2. The number of nitrogen functional groups attached to an aromatic ring is 1. The third-order valence-electron chi connectivity index (χ3n) is 1.69. The van der Waals surface area contributed by atoms with Gasteiger partial charge in [-0.1, -0.05) is 0 Å². The molecule has 3 nitrogen and oxygen atoms in total. The molecule has 0 heterocycles. The zero-order valence-electron chi connectivity index (χ0n) is 7.13. The SMILES string of the molecule is Cc1cc(N(C)N)c(N)cc1F. The molecule has 0 aliphatic heterocycles. The van der Waals surface area contributed by atoms with Gasteiger partial charge in [0.25, 0.3) is 0 Å². The molecule has 4 heteroatoms. The first-order chi connectivity index (χ1) is 5.52. The summed E-state index contributed by atoms with van der Waals surface area (Å²) in [7, 11) is 1.66. The summed E-state index contributed by atoms with van der Waals surface area (Å²) < 4.78 is 12.9. The second-order valence-electron chi connectivity index (χ2n) is 2.77. The summed E-state index contributed by atoms with van der Waals surface area (Å²) in [4.78, 5) is 0. The predicted octanol–water partition coefficient (Wildman–Crippen LogP) is 1.03. The van der Waals surface area contributed by atoms with Crippen LogP contribution in [0.15, 0.2) is 12.1 Å². The van der Waals surface area contributed by atoms with Crippen LogP contribution in [-0.2, 0) is 0 Å². The van der Waals surface area contributed by atoms with Crippen LogP contribution in [-0.4, -0.2) is 7.05 Å². The van der Waals surface area contributed by atoms with E-state index < -0.39 is 0 Å². The normalized spacial score (nSPS) is 10.0. The molecular weight excluding hydrogens is 157 g/mol. The van der Waals surface area contributed by atoms with Gasteiger partial charge in [-0.05, 0) is 24.6 Å². The van der Waals surface area contributed by atoms with Gasteiger partial charge in [-0.3, -0.25) is 0 Å². The predicted molar refractivity (Wildman–Crippen MR) is 48.1 cm³/mol. The van der Waals surface area contributed by atoms with E-state index in [1.54, 1.807) is 20.0 Å². The van der Waals surface area contributed by atoms with Crippen molar-refractivity contribution in [1.29, 1.82) is 0 Å². The van der Waals surface area contributed by atoms with Crippen LogP contribution in [0.25, 0.3) is 0 Å². The van der Waals surface area contributed by atoms with Gasteiger partial charge in [-0.2, -0.15) is 0 Å². The van der Waals surface area contributed by atoms with Gasteiger partial charge in [0.2, 0.25) is 0 Å². The van der Waals surface area contributed by atoms with Crippen molar-refractivity contribution in [2.24, 2.45) is 5.84 Å². The maximum atomic E-state index is 12.9. The Morgan fingerprint density at radius 3 is 2.50 bits per heavy atom. The second-order valence-corrected chi connectivity index (χ2v) is 2.77. The molecule has 1 rings (SSSR count). The van der Waals surface area contributed by atoms with Gasteiger partial charge in [0.1, 0.15) is 5.82 Å². The molecule has 0 aliphatic carbocycles. The Morgan fingerprint density at radius 2 is 2.00 bits per heavy atom. The lowest BCUT2D eigenvalue weighted by Gasteiger charge is -2.15. The van der Waals surface area contributed by atoms with E-state index in [0.717, 1.165) is 0 Å². The average Bonchev–Trinajstić information content (AvgIpc) is 1.96. The summed E-state index contributed by atoms with van der Waals surface area (Å²) in [5.41, 5.74) is 7.05. The average molecular weight is 169 g/mol. The van der Waals surface area contributed by atoms with Crippen LogP contribution in [0.2, 0.25) is 0 Å². The van der Waals surface area contributed by atoms with E-state index in [2.05, 4.69) is 0 Å². The molecule has 0 radical (unpaired) electrons. The van der Waals surface area contributed by atoms with Crippen molar-refractivity contribution in [1.82, 2.24) is 0 Å². The quantitative estimate of drug-likeness (QED) is 0.375. The van der Waals surface area contributed by atoms with Gasteiger partial charge in [0.05, 0.1) is 11.4 Å². The van der Waals surface area contributed by atoms with Crippen molar-refractivity contribution in [3.63, 3.8) is 0 Å². The third kappa shape index (κ3) is 1.48. The Hall–Kier alpha value is -1.29. The van der Waals surface area contributed by atoms with Crippen LogP contribution >= 0.6 is 0 Å². The molecule has 4 N–H and O–H groups in total. The second kappa shape index (κ2) is 2.98. The first kappa shape index (κ1) is 8.80. The molecule has 0 amide bonds. The van der Waals surface area contributed by atoms with Gasteiger partial charge < -0.3 is 10.7 Å². The highest BCUT2D eigenvalue weighted by atomic mass is 19.1. The molecule has 0 atom stereocenters. The molecule has 1 aromatic rings. The molecule has 66 valence electrons. The first-order valence-corrected chi connectivity index (χ1v) is 3.56. The standard InChI is InChI=1S/C8H12FN3/c1-5-3-8(12(2)11)7(10)4-6(5)9/h3-4H,10-11H2,1-2H3. The Bertz CT molecular complexity index is 297. The van der Waals surface area contributed by atoms with Gasteiger partial charge in [-0.15, -0.1) is 0 Å². The molecule has 0 saturated heterocycles. The van der Waals surface area contributed by atoms with Crippen molar-refractivity contribution >= 4 is 11.4 Å². The maximum Gasteiger partial charge on any atom is 0.128 e. The molecule has 0 spiro atoms. The molecule has 0 bridgehead atoms. The molecule has 1 aromatic carbocycles. The Morgan fingerprint density at radius 1 is 1.42 bits per heavy atom. The van der Waals surface area contributed by atoms with Crippen molar-refractivity contribution in [3.05, 3.63) is 23.5 Å². The van der Waals surface area contributed by atoms with Crippen molar-refractivity contribution in [2.45, 2.75) is 6.92 Å². The number of hydrazine groups is 1. The van der Waals surface area contributed by atoms with Gasteiger partial charge >= 0.3 is 0 Å². The minimum Gasteiger partial charge on any atom is -0.397 e. The van der Waals surface area contributed by atoms with E-state index in [1.807, 2.05) is 0 Å². The van der Waals surface area contributed by atoms with Crippen LogP contribution in [0.4, 0.5) is 15.8 Å². The number of anilines is 2. The summed E-state index contributed by atoms with van der Waals surface area (Å²) in [5.74, 6) is 5.16. The molecule has 0 aliphatic rings. The Balaban J connectivity index is 3.23. The summed E-state index contributed by atoms with van der Waals surface area (Å²) in [6.07, 6.45) is 0. The van der Waals surface area contributed by atoms with E-state index >= 15 is 0 Å². The molecule has 0 unspecified atom stereocenters. The summed E-state index contributed by atoms with van der Waals surface area (Å²) in [6.45, 7) is 1.67. The van der Waals surface area contributed by atoms with E-state index in [-0.39, 0.29) is 5.82 Å². The Kier molecular flexibility index (Phi) is 2.19. The van der Waals surface area contributed by atoms with Crippen LogP contribution in [0, 0.1) is 12.7 Å². The van der Waals surface area contributed by atoms with Crippen LogP contribution in [0.3, 0.4) is 0 Å². The fourth-order valence-corrected chi connectivity index (χ4v) is 0.987. The Labute approximate surface area is 70.7 Å². The van der Waals surface area contributed by atoms with E-state index in [9.17, 15) is 4.39 Å². The van der Waals surface area contributed by atoms with Crippen LogP contribution < -0.4 is 16.6 Å². The lowest BCUT2D eigenvalue weighted by atomic mass is 10.2. The number of benzene rings is 1. The number of nitrogens with zero attached hydrogens (tertiary/aromatic N) is 1. The molecule has 0 aromatic heterocycles. The van der Waals surface area contributed by atoms with E-state index in [4.69, 9.17) is 11.6 Å². The molecule has 0 saturated carbocycles. The number of rotatable bonds is 1. The third-order valence-corrected chi connectivity index (χ3v) is 1.69. The number of aryl methyl sites for hydroxylation is 1. The smallest absolute Gasteiger partial charge is 0.128 e. The lowest BCUT2D eigenvalue weighted by Crippen LogP contribution is -2.26. The van der Waals surface area contributed by atoms with Crippen molar-refractivity contribution < 1.29 is 4.39 Å². The molecule has 0 fully saturated rings. The van der Waals surface area contributed by atoms with E-state index in [0.29, 0.717) is 16.9 Å². The van der Waals surface area contributed by atoms with Gasteiger partial charge in [0, 0.05) is 7.05 Å². The van der Waals surface area contributed by atoms with Gasteiger partial charge in [0.15, 0.2) is 0 Å². The largest absolute Gasteiger partial charge is 0.397 e. The number of hydrogen-bond donors (Lipinski definition) is 2. The first-order valence-electron chi connectivity index (χ1n) is 3.56. The number of hydrogen-bond acceptors (Lipinski definition) is 3. The highest BCUT2D eigenvalue weighted by Crippen LogP contribution is 2.23. The zero-order valence-corrected chi connectivity index (χ0v) is 7.13. The minimum absolute atomic E-state index is 0.307. The maximum absolute atomic E-state index is 12.9. The summed E-state index contributed by atoms with van der Waals surface area (Å²) >= 11 is 0.